The van der Waals surface area contributed by atoms with Gasteiger partial charge in [0.15, 0.2) is 0 Å². The predicted octanol–water partition coefficient (Wildman–Crippen LogP) is 1.21. The highest BCUT2D eigenvalue weighted by Gasteiger charge is 2.33. The van der Waals surface area contributed by atoms with Crippen LogP contribution in [0.4, 0.5) is 0 Å². The highest BCUT2D eigenvalue weighted by atomic mass is 32.2. The molecule has 1 aromatic rings. The maximum atomic E-state index is 12.4. The number of benzene rings is 1. The average molecular weight is 282 g/mol. The Hall–Kier alpha value is -1.40. The summed E-state index contributed by atoms with van der Waals surface area (Å²) in [6.45, 7) is 5.45. The Morgan fingerprint density at radius 1 is 1.32 bits per heavy atom. The quantitative estimate of drug-likeness (QED) is 0.885. The van der Waals surface area contributed by atoms with E-state index in [2.05, 4.69) is 13.8 Å². The summed E-state index contributed by atoms with van der Waals surface area (Å²) in [5.74, 6) is -0.268. The van der Waals surface area contributed by atoms with Gasteiger partial charge in [-0.2, -0.15) is 0 Å². The molecular weight excluding hydrogens is 264 g/mol. The fourth-order valence-electron chi connectivity index (χ4n) is 2.35. The fourth-order valence-corrected chi connectivity index (χ4v) is 3.08. The molecule has 1 fully saturated rings. The molecule has 0 aromatic heterocycles. The molecule has 0 bridgehead atoms. The Morgan fingerprint density at radius 3 is 2.47 bits per heavy atom. The van der Waals surface area contributed by atoms with Crippen molar-refractivity contribution < 1.29 is 13.2 Å². The van der Waals surface area contributed by atoms with E-state index in [-0.39, 0.29) is 21.8 Å². The topological polar surface area (TPSA) is 80.5 Å². The number of primary sulfonamides is 1. The third kappa shape index (κ3) is 2.96. The normalized spacial score (nSPS) is 18.6. The molecule has 0 atom stereocenters. The van der Waals surface area contributed by atoms with Gasteiger partial charge in [-0.15, -0.1) is 0 Å². The zero-order chi connectivity index (χ0) is 14.3. The molecule has 19 heavy (non-hydrogen) atoms. The van der Waals surface area contributed by atoms with Gasteiger partial charge in [-0.3, -0.25) is 4.79 Å². The number of amides is 1. The van der Waals surface area contributed by atoms with Gasteiger partial charge in [0.25, 0.3) is 5.91 Å². The number of sulfonamides is 1. The van der Waals surface area contributed by atoms with Gasteiger partial charge in [-0.05, 0) is 24.0 Å². The van der Waals surface area contributed by atoms with Crippen LogP contribution in [0.25, 0.3) is 0 Å². The second kappa shape index (κ2) is 4.61. The van der Waals surface area contributed by atoms with Gasteiger partial charge in [0.05, 0.1) is 10.5 Å². The molecule has 0 aliphatic carbocycles. The Labute approximate surface area is 113 Å². The van der Waals surface area contributed by atoms with Crippen molar-refractivity contribution in [2.75, 3.05) is 13.1 Å². The van der Waals surface area contributed by atoms with Crippen LogP contribution < -0.4 is 5.14 Å². The Kier molecular flexibility index (Phi) is 3.40. The van der Waals surface area contributed by atoms with Crippen LogP contribution in [0.15, 0.2) is 29.2 Å². The maximum Gasteiger partial charge on any atom is 0.255 e. The smallest absolute Gasteiger partial charge is 0.255 e. The van der Waals surface area contributed by atoms with E-state index in [0.717, 1.165) is 6.42 Å². The molecule has 1 aromatic carbocycles. The second-order valence-corrected chi connectivity index (χ2v) is 7.21. The van der Waals surface area contributed by atoms with Crippen molar-refractivity contribution in [1.82, 2.24) is 4.90 Å². The van der Waals surface area contributed by atoms with Gasteiger partial charge in [0.2, 0.25) is 10.0 Å². The average Bonchev–Trinajstić information content (AvgIpc) is 2.68. The van der Waals surface area contributed by atoms with Crippen LogP contribution in [0.1, 0.15) is 30.6 Å². The van der Waals surface area contributed by atoms with E-state index in [1.54, 1.807) is 17.0 Å². The molecule has 1 aliphatic heterocycles. The van der Waals surface area contributed by atoms with Crippen molar-refractivity contribution in [3.05, 3.63) is 29.8 Å². The Bertz CT molecular complexity index is 608. The first kappa shape index (κ1) is 14.0. The summed E-state index contributed by atoms with van der Waals surface area (Å²) in [4.78, 5) is 14.0. The number of likely N-dealkylation sites (tertiary alicyclic amines) is 1. The first-order valence-corrected chi connectivity index (χ1v) is 7.66. The number of carbonyl (C=O) groups excluding carboxylic acids is 1. The van der Waals surface area contributed by atoms with Crippen LogP contribution in [-0.4, -0.2) is 32.3 Å². The van der Waals surface area contributed by atoms with Gasteiger partial charge >= 0.3 is 0 Å². The van der Waals surface area contributed by atoms with Gasteiger partial charge in [0.1, 0.15) is 0 Å². The minimum Gasteiger partial charge on any atom is -0.338 e. The SMILES string of the molecule is CC1(C)CCN(C(=O)c2ccccc2S(N)(=O)=O)C1. The van der Waals surface area contributed by atoms with Crippen molar-refractivity contribution >= 4 is 15.9 Å². The molecule has 0 saturated carbocycles. The summed E-state index contributed by atoms with van der Waals surface area (Å²) in [5.41, 5.74) is 0.231. The zero-order valence-corrected chi connectivity index (χ0v) is 11.9. The second-order valence-electron chi connectivity index (χ2n) is 5.68. The first-order chi connectivity index (χ1) is 8.71. The Morgan fingerprint density at radius 2 is 1.95 bits per heavy atom. The summed E-state index contributed by atoms with van der Waals surface area (Å²) >= 11 is 0. The summed E-state index contributed by atoms with van der Waals surface area (Å²) in [5, 5.41) is 5.15. The number of carbonyl (C=O) groups is 1. The number of rotatable bonds is 2. The zero-order valence-electron chi connectivity index (χ0n) is 11.1. The van der Waals surface area contributed by atoms with Crippen LogP contribution in [-0.2, 0) is 10.0 Å². The third-order valence-electron chi connectivity index (χ3n) is 3.39. The third-order valence-corrected chi connectivity index (χ3v) is 4.36. The number of nitrogens with zero attached hydrogens (tertiary/aromatic N) is 1. The minimum absolute atomic E-state index is 0.0756. The molecule has 1 aliphatic rings. The summed E-state index contributed by atoms with van der Waals surface area (Å²) < 4.78 is 23.0. The van der Waals surface area contributed by atoms with Crippen molar-refractivity contribution in [2.45, 2.75) is 25.2 Å². The standard InChI is InChI=1S/C13H18N2O3S/c1-13(2)7-8-15(9-13)12(16)10-5-3-4-6-11(10)19(14,17)18/h3-6H,7-9H2,1-2H3,(H2,14,17,18). The van der Waals surface area contributed by atoms with Gasteiger partial charge < -0.3 is 4.90 Å². The van der Waals surface area contributed by atoms with Crippen LogP contribution in [0, 0.1) is 5.41 Å². The summed E-state index contributed by atoms with van der Waals surface area (Å²) in [6.07, 6.45) is 0.913. The van der Waals surface area contributed by atoms with Crippen LogP contribution in [0.5, 0.6) is 0 Å². The molecule has 2 rings (SSSR count). The molecule has 5 nitrogen and oxygen atoms in total. The lowest BCUT2D eigenvalue weighted by Gasteiger charge is -2.20. The van der Waals surface area contributed by atoms with Gasteiger partial charge in [0, 0.05) is 13.1 Å². The van der Waals surface area contributed by atoms with E-state index < -0.39 is 10.0 Å². The lowest BCUT2D eigenvalue weighted by Crippen LogP contribution is -2.31. The van der Waals surface area contributed by atoms with Crippen molar-refractivity contribution in [1.29, 1.82) is 0 Å². The van der Waals surface area contributed by atoms with E-state index in [1.807, 2.05) is 0 Å². The van der Waals surface area contributed by atoms with E-state index in [9.17, 15) is 13.2 Å². The van der Waals surface area contributed by atoms with Crippen molar-refractivity contribution in [3.63, 3.8) is 0 Å². The fraction of sp³-hybridized carbons (Fsp3) is 0.462. The van der Waals surface area contributed by atoms with Crippen LogP contribution in [0.2, 0.25) is 0 Å². The number of hydrogen-bond acceptors (Lipinski definition) is 3. The largest absolute Gasteiger partial charge is 0.338 e. The van der Waals surface area contributed by atoms with E-state index in [4.69, 9.17) is 5.14 Å². The summed E-state index contributed by atoms with van der Waals surface area (Å²) in [6, 6.07) is 6.07. The summed E-state index contributed by atoms with van der Waals surface area (Å²) in [7, 11) is -3.88. The first-order valence-electron chi connectivity index (χ1n) is 6.12. The highest BCUT2D eigenvalue weighted by Crippen LogP contribution is 2.30. The Balaban J connectivity index is 2.36. The molecule has 0 unspecified atom stereocenters. The minimum atomic E-state index is -3.88. The monoisotopic (exact) mass is 282 g/mol. The predicted molar refractivity (Wildman–Crippen MR) is 72.1 cm³/mol. The molecule has 6 heteroatoms. The van der Waals surface area contributed by atoms with Crippen LogP contribution >= 0.6 is 0 Å². The molecule has 1 amide bonds. The lowest BCUT2D eigenvalue weighted by atomic mass is 9.93. The van der Waals surface area contributed by atoms with Gasteiger partial charge in [-0.25, -0.2) is 13.6 Å². The molecule has 104 valence electrons. The van der Waals surface area contributed by atoms with E-state index in [1.165, 1.54) is 12.1 Å². The molecule has 2 N–H and O–H groups in total. The molecule has 1 saturated heterocycles. The van der Waals surface area contributed by atoms with E-state index in [0.29, 0.717) is 13.1 Å². The number of nitrogens with two attached hydrogens (primary N) is 1. The van der Waals surface area contributed by atoms with Gasteiger partial charge in [-0.1, -0.05) is 26.0 Å². The molecule has 1 heterocycles. The number of hydrogen-bond donors (Lipinski definition) is 1. The van der Waals surface area contributed by atoms with Crippen molar-refractivity contribution in [2.24, 2.45) is 10.6 Å². The molecule has 0 spiro atoms. The van der Waals surface area contributed by atoms with E-state index >= 15 is 0 Å². The highest BCUT2D eigenvalue weighted by molar-refractivity contribution is 7.89. The molecule has 0 radical (unpaired) electrons. The van der Waals surface area contributed by atoms with Crippen molar-refractivity contribution in [3.8, 4) is 0 Å². The van der Waals surface area contributed by atoms with Crippen LogP contribution in [0.3, 0.4) is 0 Å². The lowest BCUT2D eigenvalue weighted by molar-refractivity contribution is 0.0774. The molecular formula is C13H18N2O3S. The maximum absolute atomic E-state index is 12.4.